The first-order chi connectivity index (χ1) is 13.2. The molecule has 0 amide bonds. The van der Waals surface area contributed by atoms with E-state index in [2.05, 4.69) is 0 Å². The molecule has 3 aromatic carbocycles. The molecule has 0 aliphatic carbocycles. The highest BCUT2D eigenvalue weighted by atomic mass is 16.5. The molecule has 3 N–H and O–H groups in total. The molecular formula is C23H24O4. The van der Waals surface area contributed by atoms with Crippen molar-refractivity contribution in [1.29, 1.82) is 0 Å². The highest BCUT2D eigenvalue weighted by Crippen LogP contribution is 2.26. The summed E-state index contributed by atoms with van der Waals surface area (Å²) < 4.78 is 5.84. The summed E-state index contributed by atoms with van der Waals surface area (Å²) in [6, 6.07) is 24.2. The Hall–Kier alpha value is -2.82. The fourth-order valence-electron chi connectivity index (χ4n) is 3.09. The lowest BCUT2D eigenvalue weighted by Gasteiger charge is -2.22. The van der Waals surface area contributed by atoms with Crippen LogP contribution in [-0.2, 0) is 13.0 Å². The van der Waals surface area contributed by atoms with Crippen LogP contribution in [0.15, 0.2) is 78.9 Å². The van der Waals surface area contributed by atoms with Gasteiger partial charge in [-0.2, -0.15) is 0 Å². The molecular weight excluding hydrogens is 340 g/mol. The average molecular weight is 364 g/mol. The first kappa shape index (κ1) is 19.0. The normalized spacial score (nSPS) is 13.1. The Bertz CT molecular complexity index is 848. The topological polar surface area (TPSA) is 69.9 Å². The van der Waals surface area contributed by atoms with Gasteiger partial charge in [-0.1, -0.05) is 54.6 Å². The second kappa shape index (κ2) is 9.21. The number of aliphatic hydroxyl groups excluding tert-OH is 2. The van der Waals surface area contributed by atoms with E-state index in [-0.39, 0.29) is 12.4 Å². The third-order valence-electron chi connectivity index (χ3n) is 4.55. The molecule has 4 heteroatoms. The van der Waals surface area contributed by atoms with E-state index in [0.29, 0.717) is 18.6 Å². The van der Waals surface area contributed by atoms with Crippen LogP contribution in [0.1, 0.15) is 22.6 Å². The Morgan fingerprint density at radius 3 is 2.30 bits per heavy atom. The fraction of sp³-hybridized carbons (Fsp3) is 0.217. The van der Waals surface area contributed by atoms with Gasteiger partial charge in [-0.15, -0.1) is 0 Å². The molecule has 2 atom stereocenters. The van der Waals surface area contributed by atoms with Gasteiger partial charge in [-0.05, 0) is 47.4 Å². The van der Waals surface area contributed by atoms with Crippen molar-refractivity contribution in [2.24, 2.45) is 0 Å². The van der Waals surface area contributed by atoms with Crippen LogP contribution < -0.4 is 4.74 Å². The number of rotatable bonds is 8. The van der Waals surface area contributed by atoms with Crippen LogP contribution in [-0.4, -0.2) is 28.0 Å². The molecule has 140 valence electrons. The summed E-state index contributed by atoms with van der Waals surface area (Å²) in [7, 11) is 0. The van der Waals surface area contributed by atoms with Crippen LogP contribution >= 0.6 is 0 Å². The molecule has 0 saturated heterocycles. The lowest BCUT2D eigenvalue weighted by Crippen LogP contribution is -2.24. The SMILES string of the molecule is OCC(c1cccc(O)c1)C(O)Cc1cccc(OCc2ccccc2)c1. The van der Waals surface area contributed by atoms with E-state index in [1.807, 2.05) is 54.6 Å². The number of aliphatic hydroxyl groups is 2. The van der Waals surface area contributed by atoms with Gasteiger partial charge in [0.1, 0.15) is 18.1 Å². The number of benzene rings is 3. The summed E-state index contributed by atoms with van der Waals surface area (Å²) in [5.74, 6) is 0.391. The van der Waals surface area contributed by atoms with E-state index in [0.717, 1.165) is 16.9 Å². The summed E-state index contributed by atoms with van der Waals surface area (Å²) in [6.07, 6.45) is -0.398. The molecule has 3 aromatic rings. The largest absolute Gasteiger partial charge is 0.508 e. The summed E-state index contributed by atoms with van der Waals surface area (Å²) in [5.41, 5.74) is 2.72. The minimum atomic E-state index is -0.777. The number of phenolic OH excluding ortho intramolecular Hbond substituents is 1. The van der Waals surface area contributed by atoms with Crippen molar-refractivity contribution in [2.75, 3.05) is 6.61 Å². The van der Waals surface area contributed by atoms with Gasteiger partial charge >= 0.3 is 0 Å². The summed E-state index contributed by atoms with van der Waals surface area (Å²) in [4.78, 5) is 0. The molecule has 0 radical (unpaired) electrons. The number of hydrogen-bond donors (Lipinski definition) is 3. The first-order valence-corrected chi connectivity index (χ1v) is 8.99. The van der Waals surface area contributed by atoms with Crippen molar-refractivity contribution >= 4 is 0 Å². The van der Waals surface area contributed by atoms with Crippen LogP contribution in [0.3, 0.4) is 0 Å². The second-order valence-corrected chi connectivity index (χ2v) is 6.58. The highest BCUT2D eigenvalue weighted by Gasteiger charge is 2.21. The van der Waals surface area contributed by atoms with Gasteiger partial charge in [0.05, 0.1) is 12.7 Å². The molecule has 3 rings (SSSR count). The van der Waals surface area contributed by atoms with Gasteiger partial charge in [-0.25, -0.2) is 0 Å². The number of hydrogen-bond acceptors (Lipinski definition) is 4. The predicted octanol–water partition coefficient (Wildman–Crippen LogP) is 3.65. The molecule has 0 heterocycles. The third kappa shape index (κ3) is 5.33. The number of phenols is 1. The van der Waals surface area contributed by atoms with Crippen LogP contribution in [0.4, 0.5) is 0 Å². The maximum Gasteiger partial charge on any atom is 0.120 e. The summed E-state index contributed by atoms with van der Waals surface area (Å²) in [6.45, 7) is 0.282. The Morgan fingerprint density at radius 1 is 0.815 bits per heavy atom. The van der Waals surface area contributed by atoms with Crippen LogP contribution in [0, 0.1) is 0 Å². The van der Waals surface area contributed by atoms with Crippen LogP contribution in [0.5, 0.6) is 11.5 Å². The second-order valence-electron chi connectivity index (χ2n) is 6.58. The van der Waals surface area contributed by atoms with E-state index in [9.17, 15) is 15.3 Å². The monoisotopic (exact) mass is 364 g/mol. The van der Waals surface area contributed by atoms with Crippen LogP contribution in [0.25, 0.3) is 0 Å². The van der Waals surface area contributed by atoms with Gasteiger partial charge in [-0.3, -0.25) is 0 Å². The van der Waals surface area contributed by atoms with E-state index < -0.39 is 12.0 Å². The van der Waals surface area contributed by atoms with Crippen molar-refractivity contribution in [1.82, 2.24) is 0 Å². The molecule has 2 unspecified atom stereocenters. The van der Waals surface area contributed by atoms with Gasteiger partial charge < -0.3 is 20.1 Å². The zero-order chi connectivity index (χ0) is 19.1. The maximum absolute atomic E-state index is 10.6. The smallest absolute Gasteiger partial charge is 0.120 e. The molecule has 0 aliphatic heterocycles. The van der Waals surface area contributed by atoms with Crippen molar-refractivity contribution < 1.29 is 20.1 Å². The van der Waals surface area contributed by atoms with Gasteiger partial charge in [0.15, 0.2) is 0 Å². The lowest BCUT2D eigenvalue weighted by molar-refractivity contribution is 0.106. The molecule has 0 fully saturated rings. The first-order valence-electron chi connectivity index (χ1n) is 8.99. The zero-order valence-electron chi connectivity index (χ0n) is 15.0. The predicted molar refractivity (Wildman–Crippen MR) is 105 cm³/mol. The Kier molecular flexibility index (Phi) is 6.47. The maximum atomic E-state index is 10.6. The van der Waals surface area contributed by atoms with E-state index in [4.69, 9.17) is 4.74 Å². The molecule has 27 heavy (non-hydrogen) atoms. The fourth-order valence-corrected chi connectivity index (χ4v) is 3.09. The molecule has 4 nitrogen and oxygen atoms in total. The summed E-state index contributed by atoms with van der Waals surface area (Å²) in [5, 5.41) is 30.0. The Labute approximate surface area is 159 Å². The van der Waals surface area contributed by atoms with Crippen molar-refractivity contribution in [3.05, 3.63) is 95.6 Å². The lowest BCUT2D eigenvalue weighted by atomic mass is 9.90. The molecule has 0 aromatic heterocycles. The zero-order valence-corrected chi connectivity index (χ0v) is 15.0. The third-order valence-corrected chi connectivity index (χ3v) is 4.55. The van der Waals surface area contributed by atoms with Crippen LogP contribution in [0.2, 0.25) is 0 Å². The van der Waals surface area contributed by atoms with Crippen molar-refractivity contribution in [3.63, 3.8) is 0 Å². The molecule has 0 aliphatic rings. The minimum Gasteiger partial charge on any atom is -0.508 e. The molecule has 0 bridgehead atoms. The van der Waals surface area contributed by atoms with Crippen molar-refractivity contribution in [3.8, 4) is 11.5 Å². The van der Waals surface area contributed by atoms with E-state index in [1.165, 1.54) is 0 Å². The number of aromatic hydroxyl groups is 1. The van der Waals surface area contributed by atoms with Gasteiger partial charge in [0.25, 0.3) is 0 Å². The summed E-state index contributed by atoms with van der Waals surface area (Å²) >= 11 is 0. The van der Waals surface area contributed by atoms with Crippen molar-refractivity contribution in [2.45, 2.75) is 25.0 Å². The van der Waals surface area contributed by atoms with E-state index >= 15 is 0 Å². The molecule has 0 saturated carbocycles. The Morgan fingerprint density at radius 2 is 1.56 bits per heavy atom. The van der Waals surface area contributed by atoms with E-state index in [1.54, 1.807) is 24.3 Å². The van der Waals surface area contributed by atoms with Gasteiger partial charge in [0, 0.05) is 5.92 Å². The highest BCUT2D eigenvalue weighted by molar-refractivity contribution is 5.32. The average Bonchev–Trinajstić information content (AvgIpc) is 2.68. The number of ether oxygens (including phenoxy) is 1. The van der Waals surface area contributed by atoms with Gasteiger partial charge in [0.2, 0.25) is 0 Å². The molecule has 0 spiro atoms. The Balaban J connectivity index is 1.65. The standard InChI is InChI=1S/C23H24O4/c24-15-22(19-9-5-10-20(25)14-19)23(26)13-18-8-4-11-21(12-18)27-16-17-6-2-1-3-7-17/h1-12,14,22-26H,13,15-16H2. The minimum absolute atomic E-state index is 0.120. The quantitative estimate of drug-likeness (QED) is 0.571.